The van der Waals surface area contributed by atoms with Gasteiger partial charge in [-0.1, -0.05) is 0 Å². The first kappa shape index (κ1) is 15.4. The van der Waals surface area contributed by atoms with Crippen molar-refractivity contribution in [3.05, 3.63) is 16.1 Å². The van der Waals surface area contributed by atoms with Gasteiger partial charge in [-0.2, -0.15) is 0 Å². The van der Waals surface area contributed by atoms with Crippen LogP contribution in [0.2, 0.25) is 0 Å². The van der Waals surface area contributed by atoms with Crippen LogP contribution in [0.5, 0.6) is 0 Å². The van der Waals surface area contributed by atoms with E-state index in [0.29, 0.717) is 18.4 Å². The first-order chi connectivity index (χ1) is 9.67. The van der Waals surface area contributed by atoms with Gasteiger partial charge in [0.1, 0.15) is 0 Å². The summed E-state index contributed by atoms with van der Waals surface area (Å²) in [4.78, 5) is 16.3. The van der Waals surface area contributed by atoms with Gasteiger partial charge in [-0.05, 0) is 51.4 Å². The first-order valence-corrected chi connectivity index (χ1v) is 8.36. The van der Waals surface area contributed by atoms with Crippen LogP contribution >= 0.6 is 11.3 Å². The number of rotatable bonds is 6. The number of hydrogen-bond donors (Lipinski definition) is 2. The van der Waals surface area contributed by atoms with Gasteiger partial charge in [-0.25, -0.2) is 4.98 Å². The molecule has 2 rings (SSSR count). The van der Waals surface area contributed by atoms with Crippen molar-refractivity contribution in [1.29, 1.82) is 0 Å². The summed E-state index contributed by atoms with van der Waals surface area (Å²) in [5.41, 5.74) is 1.10. The molecule has 0 bridgehead atoms. The molecule has 1 heterocycles. The molecule has 20 heavy (non-hydrogen) atoms. The van der Waals surface area contributed by atoms with Crippen molar-refractivity contribution >= 4 is 17.2 Å². The Morgan fingerprint density at radius 1 is 1.45 bits per heavy atom. The number of carbonyl (C=O) groups excluding carboxylic acids is 1. The fourth-order valence-corrected chi connectivity index (χ4v) is 3.39. The standard InChI is InChI=1S/C15H24N2O2S/c1-11-16-14(10-20-11)3-2-4-15(19)17-13-7-5-12(9-18)6-8-13/h10,12-13,18H,2-9H2,1H3,(H,17,19). The van der Waals surface area contributed by atoms with Gasteiger partial charge in [0.2, 0.25) is 5.91 Å². The van der Waals surface area contributed by atoms with Crippen LogP contribution in [0.25, 0.3) is 0 Å². The van der Waals surface area contributed by atoms with Crippen molar-refractivity contribution in [2.24, 2.45) is 5.92 Å². The van der Waals surface area contributed by atoms with Gasteiger partial charge >= 0.3 is 0 Å². The number of aliphatic hydroxyl groups is 1. The predicted molar refractivity (Wildman–Crippen MR) is 80.8 cm³/mol. The Balaban J connectivity index is 1.61. The highest BCUT2D eigenvalue weighted by Crippen LogP contribution is 2.23. The minimum absolute atomic E-state index is 0.157. The van der Waals surface area contributed by atoms with E-state index in [2.05, 4.69) is 15.7 Å². The van der Waals surface area contributed by atoms with Crippen molar-refractivity contribution in [1.82, 2.24) is 10.3 Å². The Kier molecular flexibility index (Phi) is 5.98. The maximum Gasteiger partial charge on any atom is 0.220 e. The van der Waals surface area contributed by atoms with E-state index in [9.17, 15) is 4.79 Å². The third-order valence-electron chi connectivity index (χ3n) is 3.97. The second-order valence-corrected chi connectivity index (χ2v) is 6.74. The molecule has 1 saturated carbocycles. The number of amides is 1. The molecule has 0 radical (unpaired) electrons. The second-order valence-electron chi connectivity index (χ2n) is 5.68. The molecular weight excluding hydrogens is 272 g/mol. The number of nitrogens with zero attached hydrogens (tertiary/aromatic N) is 1. The van der Waals surface area contributed by atoms with Gasteiger partial charge in [-0.3, -0.25) is 4.79 Å². The normalized spacial score (nSPS) is 22.7. The average molecular weight is 296 g/mol. The lowest BCUT2D eigenvalue weighted by Crippen LogP contribution is -2.38. The van der Waals surface area contributed by atoms with Crippen molar-refractivity contribution in [2.75, 3.05) is 6.61 Å². The summed E-state index contributed by atoms with van der Waals surface area (Å²) in [5.74, 6) is 0.598. The topological polar surface area (TPSA) is 62.2 Å². The predicted octanol–water partition coefficient (Wildman–Crippen LogP) is 2.44. The highest BCUT2D eigenvalue weighted by molar-refractivity contribution is 7.09. The monoisotopic (exact) mass is 296 g/mol. The molecule has 1 fully saturated rings. The van der Waals surface area contributed by atoms with Gasteiger partial charge in [-0.15, -0.1) is 11.3 Å². The van der Waals surface area contributed by atoms with E-state index >= 15 is 0 Å². The number of carbonyl (C=O) groups is 1. The van der Waals surface area contributed by atoms with Crippen LogP contribution in [0.4, 0.5) is 0 Å². The minimum atomic E-state index is 0.157. The number of hydrogen-bond acceptors (Lipinski definition) is 4. The molecule has 0 atom stereocenters. The summed E-state index contributed by atoms with van der Waals surface area (Å²) in [6, 6.07) is 0.312. The number of aryl methyl sites for hydroxylation is 2. The van der Waals surface area contributed by atoms with E-state index in [1.54, 1.807) is 11.3 Å². The van der Waals surface area contributed by atoms with Crippen LogP contribution in [0.15, 0.2) is 5.38 Å². The van der Waals surface area contributed by atoms with Crippen molar-refractivity contribution in [2.45, 2.75) is 57.9 Å². The Morgan fingerprint density at radius 2 is 2.20 bits per heavy atom. The molecule has 0 aliphatic heterocycles. The zero-order valence-corrected chi connectivity index (χ0v) is 12.9. The van der Waals surface area contributed by atoms with E-state index < -0.39 is 0 Å². The number of aliphatic hydroxyl groups excluding tert-OH is 1. The van der Waals surface area contributed by atoms with Crippen LogP contribution < -0.4 is 5.32 Å². The zero-order chi connectivity index (χ0) is 14.4. The van der Waals surface area contributed by atoms with E-state index in [4.69, 9.17) is 5.11 Å². The molecule has 112 valence electrons. The molecule has 2 N–H and O–H groups in total. The van der Waals surface area contributed by atoms with Crippen LogP contribution in [-0.2, 0) is 11.2 Å². The second kappa shape index (κ2) is 7.74. The van der Waals surface area contributed by atoms with Gasteiger partial charge in [0.15, 0.2) is 0 Å². The molecule has 1 amide bonds. The van der Waals surface area contributed by atoms with Crippen LogP contribution in [0, 0.1) is 12.8 Å². The fourth-order valence-electron chi connectivity index (χ4n) is 2.74. The number of thiazole rings is 1. The average Bonchev–Trinajstić information content (AvgIpc) is 2.85. The Bertz CT molecular complexity index is 425. The smallest absolute Gasteiger partial charge is 0.220 e. The molecule has 0 saturated heterocycles. The summed E-state index contributed by atoms with van der Waals surface area (Å²) in [5, 5.41) is 15.4. The molecule has 1 aliphatic carbocycles. The molecule has 5 heteroatoms. The summed E-state index contributed by atoms with van der Waals surface area (Å²) in [6.45, 7) is 2.29. The van der Waals surface area contributed by atoms with E-state index in [1.807, 2.05) is 6.92 Å². The van der Waals surface area contributed by atoms with Crippen LogP contribution in [0.3, 0.4) is 0 Å². The molecule has 4 nitrogen and oxygen atoms in total. The quantitative estimate of drug-likeness (QED) is 0.847. The summed E-state index contributed by atoms with van der Waals surface area (Å²) in [6.07, 6.45) is 6.39. The summed E-state index contributed by atoms with van der Waals surface area (Å²) in [7, 11) is 0. The lowest BCUT2D eigenvalue weighted by Gasteiger charge is -2.27. The molecule has 1 aliphatic rings. The molecule has 0 aromatic carbocycles. The van der Waals surface area contributed by atoms with Crippen LogP contribution in [-0.4, -0.2) is 28.6 Å². The third-order valence-corrected chi connectivity index (χ3v) is 4.80. The van der Waals surface area contributed by atoms with Crippen LogP contribution in [0.1, 0.15) is 49.2 Å². The first-order valence-electron chi connectivity index (χ1n) is 7.48. The fraction of sp³-hybridized carbons (Fsp3) is 0.733. The zero-order valence-electron chi connectivity index (χ0n) is 12.1. The highest BCUT2D eigenvalue weighted by atomic mass is 32.1. The lowest BCUT2D eigenvalue weighted by molar-refractivity contribution is -0.122. The number of aromatic nitrogens is 1. The van der Waals surface area contributed by atoms with E-state index in [-0.39, 0.29) is 12.5 Å². The molecule has 1 aromatic rings. The van der Waals surface area contributed by atoms with Crippen molar-refractivity contribution in [3.63, 3.8) is 0 Å². The molecule has 1 aromatic heterocycles. The summed E-state index contributed by atoms with van der Waals surface area (Å²) >= 11 is 1.66. The van der Waals surface area contributed by atoms with Crippen molar-refractivity contribution < 1.29 is 9.90 Å². The molecule has 0 spiro atoms. The Hall–Kier alpha value is -0.940. The SMILES string of the molecule is Cc1nc(CCCC(=O)NC2CCC(CO)CC2)cs1. The summed E-state index contributed by atoms with van der Waals surface area (Å²) < 4.78 is 0. The van der Waals surface area contributed by atoms with Gasteiger partial charge < -0.3 is 10.4 Å². The number of nitrogens with one attached hydrogen (secondary N) is 1. The van der Waals surface area contributed by atoms with Gasteiger partial charge in [0, 0.05) is 24.4 Å². The maximum atomic E-state index is 11.9. The maximum absolute atomic E-state index is 11.9. The van der Waals surface area contributed by atoms with Crippen molar-refractivity contribution in [3.8, 4) is 0 Å². The van der Waals surface area contributed by atoms with E-state index in [0.717, 1.165) is 49.2 Å². The Morgan fingerprint density at radius 3 is 2.80 bits per heavy atom. The molecule has 0 unspecified atom stereocenters. The Labute approximate surface area is 124 Å². The minimum Gasteiger partial charge on any atom is -0.396 e. The van der Waals surface area contributed by atoms with E-state index in [1.165, 1.54) is 0 Å². The van der Waals surface area contributed by atoms with Gasteiger partial charge in [0.25, 0.3) is 0 Å². The largest absolute Gasteiger partial charge is 0.396 e. The van der Waals surface area contributed by atoms with Gasteiger partial charge in [0.05, 0.1) is 10.7 Å². The molecular formula is C15H24N2O2S. The third kappa shape index (κ3) is 4.87. The lowest BCUT2D eigenvalue weighted by atomic mass is 9.86. The highest BCUT2D eigenvalue weighted by Gasteiger charge is 2.21.